The number of anilines is 1. The summed E-state index contributed by atoms with van der Waals surface area (Å²) in [5, 5.41) is 4.26. The van der Waals surface area contributed by atoms with Crippen LogP contribution in [0.15, 0.2) is 18.2 Å². The van der Waals surface area contributed by atoms with Gasteiger partial charge in [-0.05, 0) is 37.4 Å². The third-order valence-electron chi connectivity index (χ3n) is 4.06. The van der Waals surface area contributed by atoms with Crippen molar-refractivity contribution >= 4 is 17.3 Å². The fourth-order valence-electron chi connectivity index (χ4n) is 3.01. The molecule has 0 amide bonds. The fourth-order valence-corrected chi connectivity index (χ4v) is 3.24. The highest BCUT2D eigenvalue weighted by molar-refractivity contribution is 6.31. The molecule has 0 heterocycles. The van der Waals surface area contributed by atoms with E-state index in [2.05, 4.69) is 36.3 Å². The topological polar surface area (TPSA) is 15.3 Å². The van der Waals surface area contributed by atoms with E-state index in [-0.39, 0.29) is 0 Å². The van der Waals surface area contributed by atoms with E-state index >= 15 is 0 Å². The Bertz CT molecular complexity index is 400. The highest BCUT2D eigenvalue weighted by Crippen LogP contribution is 2.30. The summed E-state index contributed by atoms with van der Waals surface area (Å²) in [7, 11) is 2.19. The normalized spacial score (nSPS) is 15.9. The van der Waals surface area contributed by atoms with Crippen molar-refractivity contribution < 1.29 is 0 Å². The maximum Gasteiger partial charge on any atom is 0.0471 e. The average molecular weight is 281 g/mol. The zero-order valence-corrected chi connectivity index (χ0v) is 12.8. The summed E-state index contributed by atoms with van der Waals surface area (Å²) >= 11 is 6.36. The van der Waals surface area contributed by atoms with Crippen molar-refractivity contribution in [3.8, 4) is 0 Å². The van der Waals surface area contributed by atoms with Gasteiger partial charge in [0.25, 0.3) is 0 Å². The van der Waals surface area contributed by atoms with E-state index in [0.29, 0.717) is 0 Å². The number of hydrogen-bond acceptors (Lipinski definition) is 2. The minimum absolute atomic E-state index is 0.848. The van der Waals surface area contributed by atoms with Crippen LogP contribution >= 0.6 is 11.6 Å². The third-order valence-corrected chi connectivity index (χ3v) is 4.42. The first-order valence-electron chi connectivity index (χ1n) is 7.41. The maximum absolute atomic E-state index is 6.36. The molecule has 19 heavy (non-hydrogen) atoms. The number of nitrogens with one attached hydrogen (secondary N) is 1. The molecule has 2 nitrogen and oxygen atoms in total. The minimum Gasteiger partial charge on any atom is -0.374 e. The molecule has 1 aliphatic rings. The summed E-state index contributed by atoms with van der Waals surface area (Å²) in [4.78, 5) is 2.38. The monoisotopic (exact) mass is 280 g/mol. The van der Waals surface area contributed by atoms with Gasteiger partial charge in [0, 0.05) is 36.4 Å². The third kappa shape index (κ3) is 3.87. The van der Waals surface area contributed by atoms with Crippen LogP contribution in [0.5, 0.6) is 0 Å². The maximum atomic E-state index is 6.36. The van der Waals surface area contributed by atoms with Crippen molar-refractivity contribution in [3.05, 3.63) is 28.8 Å². The Kier molecular flexibility index (Phi) is 5.53. The Labute approximate surface area is 122 Å². The van der Waals surface area contributed by atoms with E-state index in [1.54, 1.807) is 0 Å². The molecule has 0 unspecified atom stereocenters. The van der Waals surface area contributed by atoms with Crippen LogP contribution in [0.1, 0.15) is 38.2 Å². The predicted octanol–water partition coefficient (Wildman–Crippen LogP) is 4.08. The van der Waals surface area contributed by atoms with Gasteiger partial charge in [-0.1, -0.05) is 37.4 Å². The van der Waals surface area contributed by atoms with Gasteiger partial charge >= 0.3 is 0 Å². The SMILES string of the molecule is CCNCc1c(Cl)cccc1N(C)CC1CCCC1. The van der Waals surface area contributed by atoms with Crippen LogP contribution in [0, 0.1) is 5.92 Å². The van der Waals surface area contributed by atoms with Gasteiger partial charge in [0.15, 0.2) is 0 Å². The zero-order chi connectivity index (χ0) is 13.7. The first kappa shape index (κ1) is 14.7. The summed E-state index contributed by atoms with van der Waals surface area (Å²) in [5.74, 6) is 0.857. The standard InChI is InChI=1S/C16H25ClN2/c1-3-18-11-14-15(17)9-6-10-16(14)19(2)12-13-7-4-5-8-13/h6,9-10,13,18H,3-5,7-8,11-12H2,1-2H3. The highest BCUT2D eigenvalue weighted by Gasteiger charge is 2.18. The van der Waals surface area contributed by atoms with Crippen LogP contribution in [0.3, 0.4) is 0 Å². The molecule has 0 saturated heterocycles. The molecular formula is C16H25ClN2. The molecule has 106 valence electrons. The molecule has 0 aromatic heterocycles. The lowest BCUT2D eigenvalue weighted by molar-refractivity contribution is 0.546. The fraction of sp³-hybridized carbons (Fsp3) is 0.625. The van der Waals surface area contributed by atoms with Gasteiger partial charge in [0.2, 0.25) is 0 Å². The van der Waals surface area contributed by atoms with Crippen molar-refractivity contribution in [1.29, 1.82) is 0 Å². The molecule has 1 aliphatic carbocycles. The molecule has 0 atom stereocenters. The van der Waals surface area contributed by atoms with Crippen LogP contribution in [0.25, 0.3) is 0 Å². The van der Waals surface area contributed by atoms with Crippen LogP contribution in [0.2, 0.25) is 5.02 Å². The van der Waals surface area contributed by atoms with Crippen molar-refractivity contribution in [2.45, 2.75) is 39.2 Å². The van der Waals surface area contributed by atoms with Gasteiger partial charge in [0.1, 0.15) is 0 Å². The van der Waals surface area contributed by atoms with Gasteiger partial charge in [-0.15, -0.1) is 0 Å². The molecule has 2 rings (SSSR count). The van der Waals surface area contributed by atoms with Crippen LogP contribution in [0.4, 0.5) is 5.69 Å². The summed E-state index contributed by atoms with van der Waals surface area (Å²) < 4.78 is 0. The van der Waals surface area contributed by atoms with E-state index in [1.807, 2.05) is 6.07 Å². The second-order valence-corrected chi connectivity index (χ2v) is 5.96. The predicted molar refractivity (Wildman–Crippen MR) is 84.1 cm³/mol. The molecule has 0 aliphatic heterocycles. The quantitative estimate of drug-likeness (QED) is 0.845. The number of halogens is 1. The molecule has 1 saturated carbocycles. The molecule has 3 heteroatoms. The van der Waals surface area contributed by atoms with Crippen molar-refractivity contribution in [2.24, 2.45) is 5.92 Å². The number of hydrogen-bond donors (Lipinski definition) is 1. The second-order valence-electron chi connectivity index (χ2n) is 5.55. The number of nitrogens with zero attached hydrogens (tertiary/aromatic N) is 1. The van der Waals surface area contributed by atoms with Crippen LogP contribution in [-0.2, 0) is 6.54 Å². The summed E-state index contributed by atoms with van der Waals surface area (Å²) in [5.41, 5.74) is 2.51. The first-order valence-corrected chi connectivity index (χ1v) is 7.79. The lowest BCUT2D eigenvalue weighted by Gasteiger charge is -2.26. The van der Waals surface area contributed by atoms with E-state index in [1.165, 1.54) is 36.9 Å². The Balaban J connectivity index is 2.10. The lowest BCUT2D eigenvalue weighted by Crippen LogP contribution is -2.26. The molecule has 0 bridgehead atoms. The lowest BCUT2D eigenvalue weighted by atomic mass is 10.1. The van der Waals surface area contributed by atoms with Gasteiger partial charge < -0.3 is 10.2 Å². The molecule has 1 aromatic rings. The zero-order valence-electron chi connectivity index (χ0n) is 12.1. The summed E-state index contributed by atoms with van der Waals surface area (Å²) in [6, 6.07) is 6.23. The highest BCUT2D eigenvalue weighted by atomic mass is 35.5. The molecule has 1 N–H and O–H groups in total. The van der Waals surface area contributed by atoms with E-state index in [9.17, 15) is 0 Å². The van der Waals surface area contributed by atoms with Crippen molar-refractivity contribution in [2.75, 3.05) is 25.0 Å². The number of rotatable bonds is 6. The Morgan fingerprint density at radius 1 is 1.32 bits per heavy atom. The van der Waals surface area contributed by atoms with Gasteiger partial charge in [0.05, 0.1) is 0 Å². The smallest absolute Gasteiger partial charge is 0.0471 e. The molecule has 1 aromatic carbocycles. The van der Waals surface area contributed by atoms with Gasteiger partial charge in [-0.25, -0.2) is 0 Å². The summed E-state index contributed by atoms with van der Waals surface area (Å²) in [6.07, 6.45) is 5.57. The molecule has 1 fully saturated rings. The van der Waals surface area contributed by atoms with E-state index < -0.39 is 0 Å². The summed E-state index contributed by atoms with van der Waals surface area (Å²) in [6.45, 7) is 5.09. The van der Waals surface area contributed by atoms with Gasteiger partial charge in [-0.2, -0.15) is 0 Å². The van der Waals surface area contributed by atoms with Crippen LogP contribution in [-0.4, -0.2) is 20.1 Å². The molecular weight excluding hydrogens is 256 g/mol. The van der Waals surface area contributed by atoms with Crippen molar-refractivity contribution in [3.63, 3.8) is 0 Å². The Morgan fingerprint density at radius 2 is 2.05 bits per heavy atom. The molecule has 0 spiro atoms. The first-order chi connectivity index (χ1) is 9.22. The van der Waals surface area contributed by atoms with Gasteiger partial charge in [-0.3, -0.25) is 0 Å². The van der Waals surface area contributed by atoms with Crippen LogP contribution < -0.4 is 10.2 Å². The van der Waals surface area contributed by atoms with E-state index in [4.69, 9.17) is 11.6 Å². The second kappa shape index (κ2) is 7.16. The Morgan fingerprint density at radius 3 is 2.74 bits per heavy atom. The Hall–Kier alpha value is -0.730. The average Bonchev–Trinajstić information content (AvgIpc) is 2.90. The molecule has 0 radical (unpaired) electrons. The largest absolute Gasteiger partial charge is 0.374 e. The van der Waals surface area contributed by atoms with Crippen molar-refractivity contribution in [1.82, 2.24) is 5.32 Å². The van der Waals surface area contributed by atoms with E-state index in [0.717, 1.165) is 30.6 Å². The minimum atomic E-state index is 0.848. The number of benzene rings is 1.